The third kappa shape index (κ3) is 4.08. The molecule has 0 nitrogen and oxygen atoms in total. The van der Waals surface area contributed by atoms with E-state index < -0.39 is 0 Å². The molecule has 0 bridgehead atoms. The summed E-state index contributed by atoms with van der Waals surface area (Å²) < 4.78 is 0. The van der Waals surface area contributed by atoms with Gasteiger partial charge in [0.05, 0.1) is 0 Å². The summed E-state index contributed by atoms with van der Waals surface area (Å²) >= 11 is 0. The first-order chi connectivity index (χ1) is 11.2. The van der Waals surface area contributed by atoms with Crippen LogP contribution in [0.25, 0.3) is 10.8 Å². The topological polar surface area (TPSA) is 0 Å². The fourth-order valence-corrected chi connectivity index (χ4v) is 4.05. The van der Waals surface area contributed by atoms with Crippen LogP contribution >= 0.6 is 0 Å². The molecule has 4 rings (SSSR count). The van der Waals surface area contributed by atoms with Gasteiger partial charge < -0.3 is 0 Å². The molecular formula is C24H30Hf-2. The molecule has 0 saturated heterocycles. The molecule has 3 aromatic rings. The maximum absolute atomic E-state index is 2.41. The number of aryl methyl sites for hydroxylation is 3. The van der Waals surface area contributed by atoms with Gasteiger partial charge in [0, 0.05) is 25.8 Å². The minimum absolute atomic E-state index is 0. The summed E-state index contributed by atoms with van der Waals surface area (Å²) in [5.41, 5.74) is 10.8. The zero-order valence-corrected chi connectivity index (χ0v) is 20.4. The van der Waals surface area contributed by atoms with E-state index in [1.54, 1.807) is 11.1 Å². The van der Waals surface area contributed by atoms with Crippen LogP contribution in [-0.2, 0) is 38.7 Å². The normalized spacial score (nSPS) is 14.7. The second-order valence-electron chi connectivity index (χ2n) is 8.50. The van der Waals surface area contributed by atoms with Gasteiger partial charge in [-0.2, -0.15) is 40.5 Å². The average Bonchev–Trinajstić information content (AvgIpc) is 3.08. The summed E-state index contributed by atoms with van der Waals surface area (Å²) in [6.45, 7) is 15.6. The minimum atomic E-state index is 0. The van der Waals surface area contributed by atoms with E-state index in [0.29, 0.717) is 5.41 Å². The molecule has 1 heteroatoms. The van der Waals surface area contributed by atoms with Crippen LogP contribution in [0.1, 0.15) is 52.8 Å². The Hall–Kier alpha value is -0.950. The quantitative estimate of drug-likeness (QED) is 0.242. The van der Waals surface area contributed by atoms with E-state index >= 15 is 0 Å². The van der Waals surface area contributed by atoms with E-state index in [9.17, 15) is 0 Å². The number of hydrogen-bond acceptors (Lipinski definition) is 0. The van der Waals surface area contributed by atoms with Crippen LogP contribution in [0.5, 0.6) is 0 Å². The van der Waals surface area contributed by atoms with Crippen LogP contribution in [0.3, 0.4) is 0 Å². The van der Waals surface area contributed by atoms with Crippen LogP contribution in [-0.4, -0.2) is 0 Å². The Kier molecular flexibility index (Phi) is 5.99. The fraction of sp³-hybridized carbons (Fsp3) is 0.417. The fourth-order valence-electron chi connectivity index (χ4n) is 4.05. The standard InChI is InChI=1S/C15H17.C9H13.Hf/c1-10-4-5-11-6-12-8-15(2,3)9-13(12)7-14(10)11;1-6-5-7(2)9(4)8(6)3;/h4-7H,8-9H2,1-3H3;5H,1-4H3;/q2*-1;. The van der Waals surface area contributed by atoms with Gasteiger partial charge in [0.25, 0.3) is 0 Å². The summed E-state index contributed by atoms with van der Waals surface area (Å²) in [7, 11) is 0. The SMILES string of the molecule is C[c-]1ccc2cc3c(cc21)CC(C)(C)C3.Cc1[cH-]c(C)c(C)c1C.[Hf]. The number of rotatable bonds is 0. The Balaban J connectivity index is 0.000000196. The van der Waals surface area contributed by atoms with Crippen molar-refractivity contribution in [1.82, 2.24) is 0 Å². The van der Waals surface area contributed by atoms with Crippen molar-refractivity contribution >= 4 is 10.8 Å². The second-order valence-corrected chi connectivity index (χ2v) is 8.50. The van der Waals surface area contributed by atoms with Gasteiger partial charge in [-0.25, -0.2) is 0 Å². The Morgan fingerprint density at radius 2 is 1.44 bits per heavy atom. The molecule has 1 aliphatic carbocycles. The average molecular weight is 497 g/mol. The Bertz CT molecular complexity index is 864. The van der Waals surface area contributed by atoms with Crippen molar-refractivity contribution in [2.75, 3.05) is 0 Å². The van der Waals surface area contributed by atoms with Crippen LogP contribution in [0.15, 0.2) is 30.3 Å². The van der Waals surface area contributed by atoms with Crippen LogP contribution in [0.2, 0.25) is 0 Å². The summed E-state index contributed by atoms with van der Waals surface area (Å²) in [5, 5.41) is 2.87. The van der Waals surface area contributed by atoms with Gasteiger partial charge in [-0.3, -0.25) is 0 Å². The number of benzene rings is 1. The molecule has 25 heavy (non-hydrogen) atoms. The molecular weight excluding hydrogens is 467 g/mol. The van der Waals surface area contributed by atoms with E-state index in [-0.39, 0.29) is 25.8 Å². The van der Waals surface area contributed by atoms with Crippen LogP contribution < -0.4 is 0 Å². The summed E-state index contributed by atoms with van der Waals surface area (Å²) in [5.74, 6) is 0. The first-order valence-electron chi connectivity index (χ1n) is 9.06. The number of hydrogen-bond donors (Lipinski definition) is 0. The van der Waals surface area contributed by atoms with E-state index in [1.165, 1.54) is 51.4 Å². The smallest absolute Gasteiger partial charge is 0 e. The molecule has 0 spiro atoms. The van der Waals surface area contributed by atoms with Crippen molar-refractivity contribution in [2.45, 2.75) is 61.3 Å². The Labute approximate surface area is 172 Å². The zero-order chi connectivity index (χ0) is 17.6. The van der Waals surface area contributed by atoms with Crippen LogP contribution in [0, 0.1) is 40.0 Å². The van der Waals surface area contributed by atoms with Crippen molar-refractivity contribution in [3.63, 3.8) is 0 Å². The predicted octanol–water partition coefficient (Wildman–Crippen LogP) is 6.63. The largest absolute Gasteiger partial charge is 0.196 e. The molecule has 0 fully saturated rings. The van der Waals surface area contributed by atoms with Gasteiger partial charge in [-0.15, -0.1) is 28.5 Å². The van der Waals surface area contributed by atoms with Crippen molar-refractivity contribution < 1.29 is 25.8 Å². The van der Waals surface area contributed by atoms with Gasteiger partial charge in [-0.05, 0) is 18.3 Å². The van der Waals surface area contributed by atoms with Gasteiger partial charge in [-0.1, -0.05) is 59.6 Å². The molecule has 0 radical (unpaired) electrons. The molecule has 0 aromatic heterocycles. The maximum Gasteiger partial charge on any atom is 0 e. The van der Waals surface area contributed by atoms with Gasteiger partial charge >= 0.3 is 0 Å². The van der Waals surface area contributed by atoms with Crippen molar-refractivity contribution in [2.24, 2.45) is 5.41 Å². The first-order valence-corrected chi connectivity index (χ1v) is 9.06. The molecule has 0 amide bonds. The molecule has 0 N–H and O–H groups in total. The van der Waals surface area contributed by atoms with E-state index in [1.807, 2.05) is 0 Å². The minimum Gasteiger partial charge on any atom is -0.196 e. The molecule has 132 valence electrons. The van der Waals surface area contributed by atoms with Crippen molar-refractivity contribution in [3.8, 4) is 0 Å². The summed E-state index contributed by atoms with van der Waals surface area (Å²) in [6, 6.07) is 11.5. The molecule has 0 heterocycles. The third-order valence-electron chi connectivity index (χ3n) is 5.83. The Morgan fingerprint density at radius 1 is 0.920 bits per heavy atom. The predicted molar refractivity (Wildman–Crippen MR) is 106 cm³/mol. The Morgan fingerprint density at radius 3 is 1.92 bits per heavy atom. The molecule has 1 aliphatic rings. The number of fused-ring (bicyclic) bond motifs is 2. The van der Waals surface area contributed by atoms with Gasteiger partial charge in [0.2, 0.25) is 0 Å². The van der Waals surface area contributed by atoms with Crippen molar-refractivity contribution in [1.29, 1.82) is 0 Å². The molecule has 0 aliphatic heterocycles. The van der Waals surface area contributed by atoms with Gasteiger partial charge in [0.15, 0.2) is 0 Å². The molecule has 0 atom stereocenters. The van der Waals surface area contributed by atoms with Gasteiger partial charge in [0.1, 0.15) is 0 Å². The third-order valence-corrected chi connectivity index (χ3v) is 5.83. The monoisotopic (exact) mass is 498 g/mol. The second kappa shape index (κ2) is 7.35. The van der Waals surface area contributed by atoms with E-state index in [0.717, 1.165) is 0 Å². The summed E-state index contributed by atoms with van der Waals surface area (Å²) in [4.78, 5) is 0. The van der Waals surface area contributed by atoms with E-state index in [2.05, 4.69) is 78.8 Å². The van der Waals surface area contributed by atoms with Crippen LogP contribution in [0.4, 0.5) is 0 Å². The maximum atomic E-state index is 2.41. The van der Waals surface area contributed by atoms with E-state index in [4.69, 9.17) is 0 Å². The first kappa shape index (κ1) is 20.4. The summed E-state index contributed by atoms with van der Waals surface area (Å²) in [6.07, 6.45) is 2.48. The molecule has 0 unspecified atom stereocenters. The molecule has 0 saturated carbocycles. The van der Waals surface area contributed by atoms with Crippen molar-refractivity contribution in [3.05, 3.63) is 69.3 Å². The zero-order valence-electron chi connectivity index (χ0n) is 16.8. The molecule has 3 aromatic carbocycles.